The Bertz CT molecular complexity index is 176. The second-order valence-corrected chi connectivity index (χ2v) is 3.86. The lowest BCUT2D eigenvalue weighted by atomic mass is 10.0. The van der Waals surface area contributed by atoms with Crippen LogP contribution in [-0.4, -0.2) is 35.2 Å². The summed E-state index contributed by atoms with van der Waals surface area (Å²) < 4.78 is 0. The second kappa shape index (κ2) is 4.58. The number of carboxylic acids is 1. The fourth-order valence-electron chi connectivity index (χ4n) is 1.47. The van der Waals surface area contributed by atoms with Gasteiger partial charge in [0.15, 0.2) is 0 Å². The van der Waals surface area contributed by atoms with Crippen molar-refractivity contribution in [2.45, 2.75) is 32.7 Å². The van der Waals surface area contributed by atoms with E-state index >= 15 is 0 Å². The molecule has 13 heavy (non-hydrogen) atoms. The van der Waals surface area contributed by atoms with Crippen LogP contribution in [0.4, 0.5) is 0 Å². The van der Waals surface area contributed by atoms with Gasteiger partial charge in [0.1, 0.15) is 6.04 Å². The minimum atomic E-state index is -0.793. The van der Waals surface area contributed by atoms with Crippen LogP contribution in [0.3, 0.4) is 0 Å². The van der Waals surface area contributed by atoms with E-state index in [4.69, 9.17) is 5.11 Å². The first-order valence-electron chi connectivity index (χ1n) is 4.83. The lowest BCUT2D eigenvalue weighted by Crippen LogP contribution is -2.49. The lowest BCUT2D eigenvalue weighted by Gasteiger charge is -2.31. The van der Waals surface area contributed by atoms with Gasteiger partial charge in [0, 0.05) is 13.1 Å². The van der Waals surface area contributed by atoms with Crippen LogP contribution in [0.25, 0.3) is 0 Å². The van der Waals surface area contributed by atoms with Gasteiger partial charge in [-0.2, -0.15) is 0 Å². The number of rotatable bonds is 3. The monoisotopic (exact) mass is 186 g/mol. The minimum Gasteiger partial charge on any atom is -0.480 e. The largest absolute Gasteiger partial charge is 0.480 e. The highest BCUT2D eigenvalue weighted by molar-refractivity contribution is 5.72. The van der Waals surface area contributed by atoms with Crippen LogP contribution in [0.15, 0.2) is 0 Å². The van der Waals surface area contributed by atoms with Crippen molar-refractivity contribution in [3.8, 4) is 0 Å². The van der Waals surface area contributed by atoms with Gasteiger partial charge in [-0.3, -0.25) is 4.79 Å². The first kappa shape index (κ1) is 10.5. The summed E-state index contributed by atoms with van der Waals surface area (Å²) in [7, 11) is 0. The molecule has 1 rings (SSSR count). The average molecular weight is 186 g/mol. The van der Waals surface area contributed by atoms with Crippen LogP contribution >= 0.6 is 0 Å². The number of hydrazine groups is 1. The van der Waals surface area contributed by atoms with Crippen molar-refractivity contribution < 1.29 is 9.90 Å². The Morgan fingerprint density at radius 3 is 2.54 bits per heavy atom. The highest BCUT2D eigenvalue weighted by atomic mass is 16.4. The first-order chi connectivity index (χ1) is 6.09. The standard InChI is InChI=1S/C9H18N2O2/c1-7-3-5-11(6-4-7)10-8(2)9(12)13/h7-8,10H,3-6H2,1-2H3,(H,12,13)/t8-/m0/s1. The molecule has 0 aliphatic carbocycles. The summed E-state index contributed by atoms with van der Waals surface area (Å²) in [5.74, 6) is -0.0168. The number of nitrogens with zero attached hydrogens (tertiary/aromatic N) is 1. The van der Waals surface area contributed by atoms with Gasteiger partial charge in [0.25, 0.3) is 0 Å². The Morgan fingerprint density at radius 1 is 1.54 bits per heavy atom. The molecule has 76 valence electrons. The molecule has 0 spiro atoms. The summed E-state index contributed by atoms with van der Waals surface area (Å²) >= 11 is 0. The maximum atomic E-state index is 10.5. The fourth-order valence-corrected chi connectivity index (χ4v) is 1.47. The van der Waals surface area contributed by atoms with Crippen molar-refractivity contribution in [1.82, 2.24) is 10.4 Å². The van der Waals surface area contributed by atoms with Gasteiger partial charge in [0.2, 0.25) is 0 Å². The normalized spacial score (nSPS) is 22.9. The van der Waals surface area contributed by atoms with E-state index in [1.165, 1.54) is 0 Å². The Hall–Kier alpha value is -0.610. The van der Waals surface area contributed by atoms with Crippen molar-refractivity contribution in [2.24, 2.45) is 5.92 Å². The topological polar surface area (TPSA) is 52.6 Å². The van der Waals surface area contributed by atoms with Crippen LogP contribution in [0.1, 0.15) is 26.7 Å². The van der Waals surface area contributed by atoms with Crippen molar-refractivity contribution >= 4 is 5.97 Å². The predicted molar refractivity (Wildman–Crippen MR) is 50.2 cm³/mol. The third-order valence-electron chi connectivity index (χ3n) is 2.53. The van der Waals surface area contributed by atoms with Gasteiger partial charge in [-0.15, -0.1) is 0 Å². The minimum absolute atomic E-state index is 0.478. The molecule has 0 aromatic rings. The van der Waals surface area contributed by atoms with E-state index in [2.05, 4.69) is 12.3 Å². The molecule has 0 aromatic carbocycles. The van der Waals surface area contributed by atoms with E-state index in [1.807, 2.05) is 5.01 Å². The van der Waals surface area contributed by atoms with Gasteiger partial charge in [0.05, 0.1) is 0 Å². The van der Waals surface area contributed by atoms with Crippen molar-refractivity contribution in [3.63, 3.8) is 0 Å². The highest BCUT2D eigenvalue weighted by Crippen LogP contribution is 2.14. The number of aliphatic carboxylic acids is 1. The Morgan fingerprint density at radius 2 is 2.08 bits per heavy atom. The van der Waals surface area contributed by atoms with Crippen molar-refractivity contribution in [2.75, 3.05) is 13.1 Å². The van der Waals surface area contributed by atoms with E-state index in [1.54, 1.807) is 6.92 Å². The molecule has 0 amide bonds. The van der Waals surface area contributed by atoms with Crippen LogP contribution < -0.4 is 5.43 Å². The molecule has 1 aliphatic heterocycles. The molecule has 1 fully saturated rings. The Kier molecular flexibility index (Phi) is 3.69. The zero-order valence-electron chi connectivity index (χ0n) is 8.29. The molecular formula is C9H18N2O2. The van der Waals surface area contributed by atoms with E-state index in [0.29, 0.717) is 0 Å². The summed E-state index contributed by atoms with van der Waals surface area (Å²) in [5, 5.41) is 10.7. The summed E-state index contributed by atoms with van der Waals surface area (Å²) in [6.07, 6.45) is 2.30. The molecule has 0 radical (unpaired) electrons. The Labute approximate surface area is 78.9 Å². The third-order valence-corrected chi connectivity index (χ3v) is 2.53. The molecule has 1 atom stereocenters. The molecule has 4 heteroatoms. The molecule has 1 saturated heterocycles. The lowest BCUT2D eigenvalue weighted by molar-refractivity contribution is -0.140. The zero-order chi connectivity index (χ0) is 9.84. The zero-order valence-corrected chi connectivity index (χ0v) is 8.29. The maximum Gasteiger partial charge on any atom is 0.321 e. The van der Waals surface area contributed by atoms with Crippen molar-refractivity contribution in [1.29, 1.82) is 0 Å². The molecule has 0 aromatic heterocycles. The van der Waals surface area contributed by atoms with E-state index in [0.717, 1.165) is 31.8 Å². The second-order valence-electron chi connectivity index (χ2n) is 3.86. The smallest absolute Gasteiger partial charge is 0.321 e. The number of hydrogen-bond acceptors (Lipinski definition) is 3. The fraction of sp³-hybridized carbons (Fsp3) is 0.889. The number of hydrogen-bond donors (Lipinski definition) is 2. The number of carbonyl (C=O) groups is 1. The molecule has 1 heterocycles. The molecular weight excluding hydrogens is 168 g/mol. The maximum absolute atomic E-state index is 10.5. The van der Waals surface area contributed by atoms with Crippen LogP contribution in [0.5, 0.6) is 0 Å². The SMILES string of the molecule is CC1CCN(N[C@@H](C)C(=O)O)CC1. The molecule has 0 bridgehead atoms. The number of nitrogens with one attached hydrogen (secondary N) is 1. The predicted octanol–water partition coefficient (Wildman–Crippen LogP) is 0.696. The highest BCUT2D eigenvalue weighted by Gasteiger charge is 2.19. The van der Waals surface area contributed by atoms with Gasteiger partial charge in [-0.05, 0) is 25.7 Å². The van der Waals surface area contributed by atoms with E-state index in [-0.39, 0.29) is 0 Å². The molecule has 0 unspecified atom stereocenters. The van der Waals surface area contributed by atoms with Gasteiger partial charge >= 0.3 is 5.97 Å². The number of piperidine rings is 1. The summed E-state index contributed by atoms with van der Waals surface area (Å²) in [5.41, 5.74) is 2.97. The average Bonchev–Trinajstić information content (AvgIpc) is 2.08. The quantitative estimate of drug-likeness (QED) is 0.681. The van der Waals surface area contributed by atoms with Crippen molar-refractivity contribution in [3.05, 3.63) is 0 Å². The van der Waals surface area contributed by atoms with Gasteiger partial charge in [-0.25, -0.2) is 10.4 Å². The van der Waals surface area contributed by atoms with Crippen LogP contribution in [-0.2, 0) is 4.79 Å². The Balaban J connectivity index is 2.26. The van der Waals surface area contributed by atoms with Crippen LogP contribution in [0, 0.1) is 5.92 Å². The molecule has 0 saturated carbocycles. The van der Waals surface area contributed by atoms with E-state index in [9.17, 15) is 4.79 Å². The van der Waals surface area contributed by atoms with Gasteiger partial charge in [-0.1, -0.05) is 6.92 Å². The molecule has 1 aliphatic rings. The molecule has 2 N–H and O–H groups in total. The summed E-state index contributed by atoms with van der Waals surface area (Å²) in [4.78, 5) is 10.5. The van der Waals surface area contributed by atoms with Gasteiger partial charge < -0.3 is 5.11 Å². The van der Waals surface area contributed by atoms with E-state index < -0.39 is 12.0 Å². The first-order valence-corrected chi connectivity index (χ1v) is 4.83. The summed E-state index contributed by atoms with van der Waals surface area (Å²) in [6.45, 7) is 5.82. The summed E-state index contributed by atoms with van der Waals surface area (Å²) in [6, 6.07) is -0.478. The third kappa shape index (κ3) is 3.32. The van der Waals surface area contributed by atoms with Crippen LogP contribution in [0.2, 0.25) is 0 Å². The number of carboxylic acid groups (broad SMARTS) is 1. The molecule has 4 nitrogen and oxygen atoms in total.